The highest BCUT2D eigenvalue weighted by atomic mass is 16.6. The summed E-state index contributed by atoms with van der Waals surface area (Å²) in [6.07, 6.45) is 2.28. The number of nitrogens with zero attached hydrogens (tertiary/aromatic N) is 3. The number of hydrogen-bond donors (Lipinski definition) is 2. The molecule has 0 aromatic heterocycles. The summed E-state index contributed by atoms with van der Waals surface area (Å²) >= 11 is 0. The van der Waals surface area contributed by atoms with Crippen LogP contribution in [0.1, 0.15) is 35.1 Å². The third kappa shape index (κ3) is 4.72. The second-order valence-electron chi connectivity index (χ2n) is 7.54. The van der Waals surface area contributed by atoms with E-state index in [2.05, 4.69) is 11.2 Å². The Hall–Kier alpha value is -3.10. The molecule has 0 heterocycles. The van der Waals surface area contributed by atoms with Gasteiger partial charge in [0.2, 0.25) is 0 Å². The minimum absolute atomic E-state index is 0.263. The fourth-order valence-corrected chi connectivity index (χ4v) is 3.31. The summed E-state index contributed by atoms with van der Waals surface area (Å²) in [6, 6.07) is 11.0. The molecule has 2 aromatic rings. The molecule has 4 N–H and O–H groups in total. The first kappa shape index (κ1) is 21.6. The van der Waals surface area contributed by atoms with Crippen LogP contribution >= 0.6 is 0 Å². The Morgan fingerprint density at radius 2 is 1.90 bits per heavy atom. The fourth-order valence-electron chi connectivity index (χ4n) is 3.31. The minimum Gasteiger partial charge on any atom is -0.489 e. The topological polar surface area (TPSA) is 106 Å². The SMILES string of the molecule is CON=C(c1ccc(OCc2c(C)cccc2N(N)C(=O)N(C)N)c(C)c1)C1CC1. The molecule has 1 aliphatic rings. The van der Waals surface area contributed by atoms with E-state index in [1.165, 1.54) is 7.05 Å². The van der Waals surface area contributed by atoms with Crippen LogP contribution in [0.5, 0.6) is 5.75 Å². The molecule has 0 atom stereocenters. The largest absolute Gasteiger partial charge is 0.489 e. The van der Waals surface area contributed by atoms with Crippen molar-refractivity contribution in [3.05, 3.63) is 58.7 Å². The lowest BCUT2D eigenvalue weighted by molar-refractivity contribution is 0.212. The summed E-state index contributed by atoms with van der Waals surface area (Å²) in [5, 5.41) is 6.18. The average Bonchev–Trinajstić information content (AvgIpc) is 3.55. The lowest BCUT2D eigenvalue weighted by atomic mass is 10.0. The smallest absolute Gasteiger partial charge is 0.352 e. The maximum Gasteiger partial charge on any atom is 0.352 e. The van der Waals surface area contributed by atoms with Crippen molar-refractivity contribution < 1.29 is 14.4 Å². The number of carbonyl (C=O) groups excluding carboxylic acids is 1. The van der Waals surface area contributed by atoms with Crippen LogP contribution in [0.2, 0.25) is 0 Å². The first-order valence-corrected chi connectivity index (χ1v) is 9.84. The molecule has 2 amide bonds. The number of ether oxygens (including phenoxy) is 1. The summed E-state index contributed by atoms with van der Waals surface area (Å²) in [7, 11) is 3.02. The van der Waals surface area contributed by atoms with Gasteiger partial charge in [0, 0.05) is 24.1 Å². The Morgan fingerprint density at radius 1 is 1.17 bits per heavy atom. The molecule has 0 unspecified atom stereocenters. The van der Waals surface area contributed by atoms with Gasteiger partial charge in [-0.2, -0.15) is 0 Å². The molecule has 1 fully saturated rings. The molecule has 0 saturated heterocycles. The quantitative estimate of drug-likeness (QED) is 0.315. The van der Waals surface area contributed by atoms with Crippen LogP contribution in [-0.2, 0) is 11.4 Å². The molecule has 8 heteroatoms. The van der Waals surface area contributed by atoms with Crippen LogP contribution in [0.3, 0.4) is 0 Å². The van der Waals surface area contributed by atoms with E-state index in [0.717, 1.165) is 56.6 Å². The molecule has 1 aliphatic carbocycles. The predicted octanol–water partition coefficient (Wildman–Crippen LogP) is 3.25. The number of rotatable bonds is 7. The Balaban J connectivity index is 1.80. The highest BCUT2D eigenvalue weighted by molar-refractivity contribution is 6.03. The summed E-state index contributed by atoms with van der Waals surface area (Å²) in [5.74, 6) is 12.8. The number of hydrazine groups is 2. The van der Waals surface area contributed by atoms with Crippen molar-refractivity contribution in [1.82, 2.24) is 5.01 Å². The Labute approximate surface area is 177 Å². The van der Waals surface area contributed by atoms with Gasteiger partial charge in [-0.1, -0.05) is 17.3 Å². The Kier molecular flexibility index (Phi) is 6.59. The molecule has 0 spiro atoms. The zero-order valence-electron chi connectivity index (χ0n) is 17.9. The van der Waals surface area contributed by atoms with Crippen LogP contribution in [0.4, 0.5) is 10.5 Å². The summed E-state index contributed by atoms with van der Waals surface area (Å²) in [5.41, 5.74) is 5.36. The number of benzene rings is 2. The maximum absolute atomic E-state index is 12.2. The number of aryl methyl sites for hydroxylation is 2. The number of urea groups is 1. The minimum atomic E-state index is -0.521. The van der Waals surface area contributed by atoms with Gasteiger partial charge in [0.1, 0.15) is 19.5 Å². The van der Waals surface area contributed by atoms with Gasteiger partial charge in [-0.25, -0.2) is 21.5 Å². The molecule has 160 valence electrons. The number of oxime groups is 1. The highest BCUT2D eigenvalue weighted by Gasteiger charge is 2.29. The van der Waals surface area contributed by atoms with Gasteiger partial charge in [-0.15, -0.1) is 0 Å². The van der Waals surface area contributed by atoms with Gasteiger partial charge in [-0.3, -0.25) is 5.01 Å². The normalized spacial score (nSPS) is 13.7. The number of carbonyl (C=O) groups is 1. The maximum atomic E-state index is 12.2. The van der Waals surface area contributed by atoms with Crippen molar-refractivity contribution in [2.45, 2.75) is 33.3 Å². The molecule has 1 saturated carbocycles. The summed E-state index contributed by atoms with van der Waals surface area (Å²) in [6.45, 7) is 4.21. The molecule has 8 nitrogen and oxygen atoms in total. The molecule has 3 rings (SSSR count). The highest BCUT2D eigenvalue weighted by Crippen LogP contribution is 2.34. The van der Waals surface area contributed by atoms with E-state index >= 15 is 0 Å². The summed E-state index contributed by atoms with van der Waals surface area (Å²) in [4.78, 5) is 17.2. The van der Waals surface area contributed by atoms with Gasteiger partial charge in [-0.05, 0) is 62.1 Å². The molecule has 0 radical (unpaired) electrons. The third-order valence-corrected chi connectivity index (χ3v) is 5.15. The number of anilines is 1. The Morgan fingerprint density at radius 3 is 2.50 bits per heavy atom. The number of amides is 2. The first-order valence-electron chi connectivity index (χ1n) is 9.84. The van der Waals surface area contributed by atoms with Crippen molar-refractivity contribution in [3.8, 4) is 5.75 Å². The van der Waals surface area contributed by atoms with Crippen LogP contribution in [0.25, 0.3) is 0 Å². The van der Waals surface area contributed by atoms with Crippen molar-refractivity contribution in [2.24, 2.45) is 22.8 Å². The number of hydrogen-bond acceptors (Lipinski definition) is 6. The molecule has 30 heavy (non-hydrogen) atoms. The van der Waals surface area contributed by atoms with Crippen LogP contribution in [0, 0.1) is 19.8 Å². The molecular formula is C22H29N5O3. The van der Waals surface area contributed by atoms with Crippen LogP contribution < -0.4 is 21.4 Å². The standard InChI is InChI=1S/C22H29N5O3/c1-14-6-5-7-19(27(24)22(28)26(3)23)18(14)13-30-20-11-10-17(12-15(20)2)21(25-29-4)16-8-9-16/h5-7,10-12,16H,8-9,13,23-24H2,1-4H3. The fraction of sp³-hybridized carbons (Fsp3) is 0.364. The lowest BCUT2D eigenvalue weighted by Crippen LogP contribution is -2.49. The van der Waals surface area contributed by atoms with E-state index in [-0.39, 0.29) is 6.61 Å². The van der Waals surface area contributed by atoms with Crippen molar-refractivity contribution in [2.75, 3.05) is 19.2 Å². The second-order valence-corrected chi connectivity index (χ2v) is 7.54. The first-order chi connectivity index (χ1) is 14.3. The van der Waals surface area contributed by atoms with Crippen LogP contribution in [-0.4, -0.2) is 30.9 Å². The zero-order valence-corrected chi connectivity index (χ0v) is 17.9. The number of nitrogens with two attached hydrogens (primary N) is 2. The van der Waals surface area contributed by atoms with E-state index in [0.29, 0.717) is 11.6 Å². The average molecular weight is 412 g/mol. The van der Waals surface area contributed by atoms with Gasteiger partial charge < -0.3 is 9.57 Å². The van der Waals surface area contributed by atoms with Gasteiger partial charge in [0.25, 0.3) is 0 Å². The van der Waals surface area contributed by atoms with Gasteiger partial charge in [0.05, 0.1) is 11.4 Å². The molecule has 0 aliphatic heterocycles. The van der Waals surface area contributed by atoms with E-state index in [9.17, 15) is 4.79 Å². The Bertz CT molecular complexity index is 954. The summed E-state index contributed by atoms with van der Waals surface area (Å²) < 4.78 is 6.10. The van der Waals surface area contributed by atoms with Gasteiger partial charge in [0.15, 0.2) is 0 Å². The van der Waals surface area contributed by atoms with E-state index in [1.54, 1.807) is 13.2 Å². The predicted molar refractivity (Wildman–Crippen MR) is 117 cm³/mol. The van der Waals surface area contributed by atoms with Crippen molar-refractivity contribution >= 4 is 17.4 Å². The third-order valence-electron chi connectivity index (χ3n) is 5.15. The van der Waals surface area contributed by atoms with E-state index < -0.39 is 6.03 Å². The monoisotopic (exact) mass is 411 g/mol. The molecular weight excluding hydrogens is 382 g/mol. The molecule has 2 aromatic carbocycles. The zero-order chi connectivity index (χ0) is 21.8. The molecule has 0 bridgehead atoms. The van der Waals surface area contributed by atoms with E-state index in [4.69, 9.17) is 21.3 Å². The van der Waals surface area contributed by atoms with Gasteiger partial charge >= 0.3 is 6.03 Å². The van der Waals surface area contributed by atoms with Crippen molar-refractivity contribution in [3.63, 3.8) is 0 Å². The van der Waals surface area contributed by atoms with Crippen molar-refractivity contribution in [1.29, 1.82) is 0 Å². The lowest BCUT2D eigenvalue weighted by Gasteiger charge is -2.24. The van der Waals surface area contributed by atoms with E-state index in [1.807, 2.05) is 38.1 Å². The second kappa shape index (κ2) is 9.15. The van der Waals surface area contributed by atoms with Crippen LogP contribution in [0.15, 0.2) is 41.6 Å².